The summed E-state index contributed by atoms with van der Waals surface area (Å²) in [5, 5.41) is 1.91. The van der Waals surface area contributed by atoms with Crippen LogP contribution >= 0.6 is 39.0 Å². The van der Waals surface area contributed by atoms with Crippen molar-refractivity contribution in [2.75, 3.05) is 12.9 Å². The molecule has 1 heterocycles. The van der Waals surface area contributed by atoms with Gasteiger partial charge in [-0.05, 0) is 39.5 Å². The van der Waals surface area contributed by atoms with Gasteiger partial charge in [-0.25, -0.2) is 0 Å². The molecule has 2 aromatic rings. The molecule has 1 aromatic heterocycles. The molecule has 5 heteroatoms. The molecule has 0 amide bonds. The van der Waals surface area contributed by atoms with Crippen molar-refractivity contribution < 1.29 is 9.53 Å². The number of ketones is 1. The Morgan fingerprint density at radius 1 is 1.39 bits per heavy atom. The topological polar surface area (TPSA) is 26.3 Å². The molecule has 0 unspecified atom stereocenters. The van der Waals surface area contributed by atoms with E-state index >= 15 is 0 Å². The first-order chi connectivity index (χ1) is 8.72. The van der Waals surface area contributed by atoms with Crippen LogP contribution in [0.15, 0.2) is 45.1 Å². The minimum atomic E-state index is 0.132. The number of rotatable bonds is 5. The summed E-state index contributed by atoms with van der Waals surface area (Å²) in [4.78, 5) is 13.8. The summed E-state index contributed by atoms with van der Waals surface area (Å²) in [5.74, 6) is 1.35. The Kier molecular flexibility index (Phi) is 4.86. The first-order valence-corrected chi connectivity index (χ1v) is 7.90. The minimum Gasteiger partial charge on any atom is -0.496 e. The number of carbonyl (C=O) groups is 1. The fourth-order valence-electron chi connectivity index (χ4n) is 1.44. The number of hydrogen-bond donors (Lipinski definition) is 0. The third kappa shape index (κ3) is 3.16. The van der Waals surface area contributed by atoms with Crippen molar-refractivity contribution in [1.29, 1.82) is 0 Å². The first-order valence-electron chi connectivity index (χ1n) is 5.24. The third-order valence-electron chi connectivity index (χ3n) is 2.30. The Balaban J connectivity index is 2.04. The van der Waals surface area contributed by atoms with E-state index in [1.54, 1.807) is 7.11 Å². The highest BCUT2D eigenvalue weighted by Gasteiger charge is 2.13. The number of Topliss-reactive ketones (excluding diaryl/α,β-unsaturated/α-hetero) is 1. The quantitative estimate of drug-likeness (QED) is 0.591. The molecule has 0 aliphatic carbocycles. The maximum atomic E-state index is 12.0. The molecule has 0 N–H and O–H groups in total. The van der Waals surface area contributed by atoms with Gasteiger partial charge < -0.3 is 4.74 Å². The average molecular weight is 343 g/mol. The maximum absolute atomic E-state index is 12.0. The Labute approximate surface area is 122 Å². The summed E-state index contributed by atoms with van der Waals surface area (Å²) in [6.07, 6.45) is 0. The number of ether oxygens (including phenoxy) is 1. The third-order valence-corrected chi connectivity index (χ3v) is 5.23. The summed E-state index contributed by atoms with van der Waals surface area (Å²) in [5.41, 5.74) is 0. The summed E-state index contributed by atoms with van der Waals surface area (Å²) in [6, 6.07) is 9.61. The zero-order chi connectivity index (χ0) is 13.0. The molecule has 0 aliphatic heterocycles. The number of carbonyl (C=O) groups excluding carboxylic acids is 1. The van der Waals surface area contributed by atoms with Crippen molar-refractivity contribution in [3.63, 3.8) is 0 Å². The van der Waals surface area contributed by atoms with Gasteiger partial charge in [0.1, 0.15) is 5.75 Å². The van der Waals surface area contributed by atoms with Crippen LogP contribution in [0.4, 0.5) is 0 Å². The summed E-state index contributed by atoms with van der Waals surface area (Å²) in [7, 11) is 1.64. The van der Waals surface area contributed by atoms with Crippen LogP contribution in [0.25, 0.3) is 0 Å². The molecule has 2 rings (SSSR count). The van der Waals surface area contributed by atoms with E-state index in [0.29, 0.717) is 5.75 Å². The number of para-hydroxylation sites is 1. The Hall–Kier alpha value is -0.780. The lowest BCUT2D eigenvalue weighted by Gasteiger charge is -2.06. The molecule has 0 saturated heterocycles. The number of methoxy groups -OCH3 is 1. The zero-order valence-electron chi connectivity index (χ0n) is 9.68. The van der Waals surface area contributed by atoms with Crippen LogP contribution in [-0.2, 0) is 0 Å². The normalized spacial score (nSPS) is 10.3. The molecular formula is C13H11BrO2S2. The van der Waals surface area contributed by atoms with Crippen molar-refractivity contribution in [2.45, 2.75) is 4.90 Å². The molecule has 2 nitrogen and oxygen atoms in total. The zero-order valence-corrected chi connectivity index (χ0v) is 12.9. The van der Waals surface area contributed by atoms with E-state index in [-0.39, 0.29) is 5.78 Å². The SMILES string of the molecule is COc1ccccc1SCC(=O)c1sccc1Br. The highest BCUT2D eigenvalue weighted by atomic mass is 79.9. The van der Waals surface area contributed by atoms with Crippen LogP contribution in [-0.4, -0.2) is 18.6 Å². The van der Waals surface area contributed by atoms with E-state index in [1.165, 1.54) is 23.1 Å². The second kappa shape index (κ2) is 6.41. The lowest BCUT2D eigenvalue weighted by atomic mass is 10.3. The highest BCUT2D eigenvalue weighted by molar-refractivity contribution is 9.10. The van der Waals surface area contributed by atoms with E-state index in [2.05, 4.69) is 15.9 Å². The van der Waals surface area contributed by atoms with Crippen molar-refractivity contribution in [1.82, 2.24) is 0 Å². The van der Waals surface area contributed by atoms with E-state index in [0.717, 1.165) is 20.0 Å². The Bertz CT molecular complexity index is 551. The highest BCUT2D eigenvalue weighted by Crippen LogP contribution is 2.31. The van der Waals surface area contributed by atoms with Gasteiger partial charge in [-0.1, -0.05) is 12.1 Å². The predicted octanol–water partition coefficient (Wildman–Crippen LogP) is 4.49. The smallest absolute Gasteiger partial charge is 0.184 e. The molecule has 94 valence electrons. The Morgan fingerprint density at radius 3 is 2.83 bits per heavy atom. The second-order valence-corrected chi connectivity index (χ2v) is 6.25. The molecule has 0 fully saturated rings. The van der Waals surface area contributed by atoms with Gasteiger partial charge in [-0.2, -0.15) is 0 Å². The molecule has 0 spiro atoms. The number of thioether (sulfide) groups is 1. The van der Waals surface area contributed by atoms with Gasteiger partial charge in [0.15, 0.2) is 5.78 Å². The molecule has 0 atom stereocenters. The van der Waals surface area contributed by atoms with Crippen LogP contribution in [0, 0.1) is 0 Å². The van der Waals surface area contributed by atoms with Gasteiger partial charge in [0, 0.05) is 9.37 Å². The molecule has 0 aliphatic rings. The molecule has 18 heavy (non-hydrogen) atoms. The van der Waals surface area contributed by atoms with E-state index in [9.17, 15) is 4.79 Å². The fourth-order valence-corrected chi connectivity index (χ4v) is 3.96. The van der Waals surface area contributed by atoms with E-state index in [1.807, 2.05) is 35.7 Å². The van der Waals surface area contributed by atoms with Gasteiger partial charge in [0.2, 0.25) is 0 Å². The largest absolute Gasteiger partial charge is 0.496 e. The van der Waals surface area contributed by atoms with Crippen molar-refractivity contribution >= 4 is 44.8 Å². The average Bonchev–Trinajstić information content (AvgIpc) is 2.82. The number of halogens is 1. The summed E-state index contributed by atoms with van der Waals surface area (Å²) in [6.45, 7) is 0. The van der Waals surface area contributed by atoms with E-state index in [4.69, 9.17) is 4.74 Å². The second-order valence-electron chi connectivity index (χ2n) is 3.46. The summed E-state index contributed by atoms with van der Waals surface area (Å²) < 4.78 is 6.13. The number of hydrogen-bond acceptors (Lipinski definition) is 4. The molecule has 0 bridgehead atoms. The van der Waals surface area contributed by atoms with Gasteiger partial charge >= 0.3 is 0 Å². The number of benzene rings is 1. The lowest BCUT2D eigenvalue weighted by molar-refractivity contribution is 0.102. The van der Waals surface area contributed by atoms with Crippen molar-refractivity contribution in [3.05, 3.63) is 45.1 Å². The van der Waals surface area contributed by atoms with Crippen LogP contribution in [0.2, 0.25) is 0 Å². The first kappa shape index (κ1) is 13.6. The molecular weight excluding hydrogens is 332 g/mol. The maximum Gasteiger partial charge on any atom is 0.184 e. The minimum absolute atomic E-state index is 0.132. The fraction of sp³-hybridized carbons (Fsp3) is 0.154. The van der Waals surface area contributed by atoms with Crippen LogP contribution in [0.3, 0.4) is 0 Å². The summed E-state index contributed by atoms with van der Waals surface area (Å²) >= 11 is 6.34. The van der Waals surface area contributed by atoms with Crippen LogP contribution in [0.1, 0.15) is 9.67 Å². The predicted molar refractivity (Wildman–Crippen MR) is 80.1 cm³/mol. The van der Waals surface area contributed by atoms with Gasteiger partial charge in [-0.3, -0.25) is 4.79 Å². The van der Waals surface area contributed by atoms with Crippen LogP contribution < -0.4 is 4.74 Å². The van der Waals surface area contributed by atoms with Gasteiger partial charge in [0.05, 0.1) is 17.7 Å². The monoisotopic (exact) mass is 342 g/mol. The van der Waals surface area contributed by atoms with Gasteiger partial charge in [-0.15, -0.1) is 23.1 Å². The molecule has 0 saturated carbocycles. The number of thiophene rings is 1. The van der Waals surface area contributed by atoms with Crippen molar-refractivity contribution in [3.8, 4) is 5.75 Å². The van der Waals surface area contributed by atoms with Crippen molar-refractivity contribution in [2.24, 2.45) is 0 Å². The van der Waals surface area contributed by atoms with Gasteiger partial charge in [0.25, 0.3) is 0 Å². The molecule has 0 radical (unpaired) electrons. The van der Waals surface area contributed by atoms with E-state index < -0.39 is 0 Å². The Morgan fingerprint density at radius 2 is 2.17 bits per heavy atom. The van der Waals surface area contributed by atoms with Crippen LogP contribution in [0.5, 0.6) is 5.75 Å². The molecule has 1 aromatic carbocycles. The standard InChI is InChI=1S/C13H11BrO2S2/c1-16-11-4-2-3-5-12(11)18-8-10(15)13-9(14)6-7-17-13/h2-7H,8H2,1H3. The lowest BCUT2D eigenvalue weighted by Crippen LogP contribution is -2.00.